The number of anilines is 2. The fraction of sp³-hybridized carbons (Fsp3) is 0.318. The Hall–Kier alpha value is -3.47. The molecule has 0 unspecified atom stereocenters. The van der Waals surface area contributed by atoms with Gasteiger partial charge in [-0.15, -0.1) is 0 Å². The number of para-hydroxylation sites is 2. The van der Waals surface area contributed by atoms with E-state index in [2.05, 4.69) is 15.3 Å². The second-order valence-electron chi connectivity index (χ2n) is 7.47. The first-order valence-electron chi connectivity index (χ1n) is 10.3. The van der Waals surface area contributed by atoms with Crippen molar-refractivity contribution in [2.75, 3.05) is 50.6 Å². The number of piperazine rings is 1. The Bertz CT molecular complexity index is 1220. The minimum absolute atomic E-state index is 0.157. The van der Waals surface area contributed by atoms with Crippen molar-refractivity contribution in [3.05, 3.63) is 47.1 Å². The number of hydrogen-bond donors (Lipinski definition) is 1. The number of fused-ring (bicyclic) bond motifs is 1. The number of aromatic nitrogens is 2. The molecule has 0 bridgehead atoms. The summed E-state index contributed by atoms with van der Waals surface area (Å²) in [5, 5.41) is 3.02. The normalized spacial score (nSPS) is 14.3. The van der Waals surface area contributed by atoms with Crippen molar-refractivity contribution in [2.24, 2.45) is 0 Å². The molecule has 1 saturated heterocycles. The summed E-state index contributed by atoms with van der Waals surface area (Å²) < 4.78 is 51.5. The van der Waals surface area contributed by atoms with Crippen LogP contribution in [0.2, 0.25) is 5.02 Å². The number of halogens is 4. The highest BCUT2D eigenvalue weighted by Crippen LogP contribution is 2.37. The fourth-order valence-electron chi connectivity index (χ4n) is 3.67. The number of alkyl halides is 3. The van der Waals surface area contributed by atoms with Crippen molar-refractivity contribution in [1.82, 2.24) is 14.9 Å². The van der Waals surface area contributed by atoms with Gasteiger partial charge in [0.2, 0.25) is 0 Å². The first-order valence-corrected chi connectivity index (χ1v) is 10.7. The Morgan fingerprint density at radius 1 is 1.00 bits per heavy atom. The van der Waals surface area contributed by atoms with Crippen LogP contribution in [-0.2, 0) is 6.18 Å². The van der Waals surface area contributed by atoms with Crippen molar-refractivity contribution < 1.29 is 27.4 Å². The Morgan fingerprint density at radius 3 is 2.21 bits per heavy atom. The lowest BCUT2D eigenvalue weighted by atomic mass is 10.2. The molecule has 180 valence electrons. The van der Waals surface area contributed by atoms with E-state index in [1.807, 2.05) is 0 Å². The summed E-state index contributed by atoms with van der Waals surface area (Å²) >= 11 is 6.15. The maximum atomic E-state index is 13.7. The predicted octanol–water partition coefficient (Wildman–Crippen LogP) is 4.67. The van der Waals surface area contributed by atoms with E-state index in [0.717, 1.165) is 0 Å². The zero-order chi connectivity index (χ0) is 24.5. The van der Waals surface area contributed by atoms with Crippen LogP contribution >= 0.6 is 11.6 Å². The van der Waals surface area contributed by atoms with Gasteiger partial charge in [-0.25, -0.2) is 14.8 Å². The van der Waals surface area contributed by atoms with Gasteiger partial charge >= 0.3 is 12.2 Å². The third kappa shape index (κ3) is 4.74. The monoisotopic (exact) mass is 495 g/mol. The third-order valence-corrected chi connectivity index (χ3v) is 5.70. The SMILES string of the molecule is COc1cc(OC)c(NC(=O)N2CCN(c3nc4ccccc4nc3C(F)(F)F)CC2)cc1Cl. The van der Waals surface area contributed by atoms with Crippen LogP contribution in [-0.4, -0.2) is 61.3 Å². The molecule has 2 aromatic carbocycles. The van der Waals surface area contributed by atoms with E-state index in [1.54, 1.807) is 24.3 Å². The number of amides is 2. The molecule has 8 nitrogen and oxygen atoms in total. The summed E-state index contributed by atoms with van der Waals surface area (Å²) in [6.45, 7) is 0.682. The van der Waals surface area contributed by atoms with E-state index < -0.39 is 17.9 Å². The summed E-state index contributed by atoms with van der Waals surface area (Å²) in [4.78, 5) is 23.8. The molecule has 0 radical (unpaired) electrons. The summed E-state index contributed by atoms with van der Waals surface area (Å²) in [5.74, 6) is 0.506. The highest BCUT2D eigenvalue weighted by Gasteiger charge is 2.39. The molecule has 1 aliphatic heterocycles. The average Bonchev–Trinajstić information content (AvgIpc) is 2.83. The van der Waals surface area contributed by atoms with Crippen molar-refractivity contribution in [3.63, 3.8) is 0 Å². The first kappa shape index (κ1) is 23.7. The van der Waals surface area contributed by atoms with Gasteiger partial charge in [0.15, 0.2) is 11.5 Å². The number of hydrogen-bond acceptors (Lipinski definition) is 6. The smallest absolute Gasteiger partial charge is 0.437 e. The van der Waals surface area contributed by atoms with E-state index >= 15 is 0 Å². The number of benzene rings is 2. The molecule has 2 amide bonds. The van der Waals surface area contributed by atoms with Gasteiger partial charge in [-0.1, -0.05) is 23.7 Å². The van der Waals surface area contributed by atoms with Crippen molar-refractivity contribution in [1.29, 1.82) is 0 Å². The quantitative estimate of drug-likeness (QED) is 0.566. The van der Waals surface area contributed by atoms with Gasteiger partial charge in [0.25, 0.3) is 0 Å². The Balaban J connectivity index is 1.50. The van der Waals surface area contributed by atoms with Crippen LogP contribution in [0.1, 0.15) is 5.69 Å². The Kier molecular flexibility index (Phi) is 6.56. The average molecular weight is 496 g/mol. The molecule has 1 fully saturated rings. The largest absolute Gasteiger partial charge is 0.495 e. The molecule has 12 heteroatoms. The minimum Gasteiger partial charge on any atom is -0.495 e. The lowest BCUT2D eigenvalue weighted by molar-refractivity contribution is -0.140. The number of ether oxygens (including phenoxy) is 2. The topological polar surface area (TPSA) is 79.8 Å². The summed E-state index contributed by atoms with van der Waals surface area (Å²) in [6, 6.07) is 9.03. The lowest BCUT2D eigenvalue weighted by Gasteiger charge is -2.36. The third-order valence-electron chi connectivity index (χ3n) is 5.40. The summed E-state index contributed by atoms with van der Waals surface area (Å²) in [7, 11) is 2.91. The van der Waals surface area contributed by atoms with E-state index in [-0.39, 0.29) is 42.5 Å². The van der Waals surface area contributed by atoms with Crippen LogP contribution in [0.5, 0.6) is 11.5 Å². The molecule has 4 rings (SSSR count). The lowest BCUT2D eigenvalue weighted by Crippen LogP contribution is -2.50. The van der Waals surface area contributed by atoms with Crippen LogP contribution in [0.25, 0.3) is 11.0 Å². The van der Waals surface area contributed by atoms with Gasteiger partial charge < -0.3 is 24.6 Å². The molecule has 34 heavy (non-hydrogen) atoms. The molecule has 0 aliphatic carbocycles. The molecule has 0 atom stereocenters. The minimum atomic E-state index is -4.66. The highest BCUT2D eigenvalue weighted by molar-refractivity contribution is 6.32. The molecular weight excluding hydrogens is 475 g/mol. The summed E-state index contributed by atoms with van der Waals surface area (Å²) in [6.07, 6.45) is -4.66. The van der Waals surface area contributed by atoms with Crippen LogP contribution in [0, 0.1) is 0 Å². The fourth-order valence-corrected chi connectivity index (χ4v) is 3.92. The Morgan fingerprint density at radius 2 is 1.62 bits per heavy atom. The molecule has 3 aromatic rings. The zero-order valence-corrected chi connectivity index (χ0v) is 19.1. The molecule has 1 N–H and O–H groups in total. The predicted molar refractivity (Wildman–Crippen MR) is 122 cm³/mol. The van der Waals surface area contributed by atoms with Crippen LogP contribution < -0.4 is 19.7 Å². The molecule has 0 spiro atoms. The first-order chi connectivity index (χ1) is 16.2. The molecule has 1 aromatic heterocycles. The van der Waals surface area contributed by atoms with Gasteiger partial charge in [0.1, 0.15) is 11.5 Å². The van der Waals surface area contributed by atoms with Crippen LogP contribution in [0.4, 0.5) is 29.5 Å². The van der Waals surface area contributed by atoms with Gasteiger partial charge in [0.05, 0.1) is 36.0 Å². The maximum Gasteiger partial charge on any atom is 0.437 e. The van der Waals surface area contributed by atoms with E-state index in [9.17, 15) is 18.0 Å². The maximum absolute atomic E-state index is 13.7. The molecule has 0 saturated carbocycles. The van der Waals surface area contributed by atoms with E-state index in [0.29, 0.717) is 22.7 Å². The number of carbonyl (C=O) groups excluding carboxylic acids is 1. The standard InChI is InChI=1S/C22H21ClF3N5O3/c1-33-17-12-18(34-2)16(11-13(17)23)29-21(32)31-9-7-30(8-10-31)20-19(22(24,25)26)27-14-5-3-4-6-15(14)28-20/h3-6,11-12H,7-10H2,1-2H3,(H,29,32). The molecule has 1 aliphatic rings. The summed E-state index contributed by atoms with van der Waals surface area (Å²) in [5.41, 5.74) is -0.153. The highest BCUT2D eigenvalue weighted by atomic mass is 35.5. The van der Waals surface area contributed by atoms with Crippen LogP contribution in [0.15, 0.2) is 36.4 Å². The van der Waals surface area contributed by atoms with Crippen LogP contribution in [0.3, 0.4) is 0 Å². The zero-order valence-electron chi connectivity index (χ0n) is 18.3. The number of carbonyl (C=O) groups is 1. The van der Waals surface area contributed by atoms with Crippen molar-refractivity contribution in [2.45, 2.75) is 6.18 Å². The van der Waals surface area contributed by atoms with Crippen molar-refractivity contribution >= 4 is 40.2 Å². The molecular formula is C22H21ClF3N5O3. The van der Waals surface area contributed by atoms with E-state index in [4.69, 9.17) is 21.1 Å². The Labute approximate surface area is 198 Å². The molecule has 2 heterocycles. The van der Waals surface area contributed by atoms with Crippen molar-refractivity contribution in [3.8, 4) is 11.5 Å². The van der Waals surface area contributed by atoms with Gasteiger partial charge in [-0.05, 0) is 18.2 Å². The number of nitrogens with zero attached hydrogens (tertiary/aromatic N) is 4. The second-order valence-corrected chi connectivity index (χ2v) is 7.88. The number of urea groups is 1. The number of methoxy groups -OCH3 is 2. The number of rotatable bonds is 4. The number of nitrogens with one attached hydrogen (secondary N) is 1. The van der Waals surface area contributed by atoms with Gasteiger partial charge in [-0.2, -0.15) is 13.2 Å². The second kappa shape index (κ2) is 9.41. The van der Waals surface area contributed by atoms with Gasteiger partial charge in [0, 0.05) is 32.2 Å². The van der Waals surface area contributed by atoms with E-state index in [1.165, 1.54) is 36.2 Å². The van der Waals surface area contributed by atoms with Gasteiger partial charge in [-0.3, -0.25) is 0 Å².